The molecule has 2 N–H and O–H groups in total. The maximum atomic E-state index is 10.9. The van der Waals surface area contributed by atoms with Gasteiger partial charge in [-0.3, -0.25) is 0 Å². The molecular weight excluding hydrogens is 190 g/mol. The van der Waals surface area contributed by atoms with Gasteiger partial charge in [0.1, 0.15) is 0 Å². The number of fused-ring (bicyclic) bond motifs is 1. The van der Waals surface area contributed by atoms with Gasteiger partial charge in [-0.2, -0.15) is 0 Å². The molecule has 0 fully saturated rings. The highest BCUT2D eigenvalue weighted by atomic mass is 16.4. The maximum absolute atomic E-state index is 10.9. The molecule has 0 saturated carbocycles. The largest absolute Gasteiger partial charge is 0.478 e. The number of carboxylic acid groups (broad SMARTS) is 1. The Bertz CT molecular complexity index is 387. The van der Waals surface area contributed by atoms with Crippen LogP contribution in [-0.2, 0) is 6.42 Å². The van der Waals surface area contributed by atoms with Gasteiger partial charge in [-0.15, -0.1) is 0 Å². The SMILES string of the molecule is CNC1CCCc2ccc(C(=O)O)cc21. The first-order valence-electron chi connectivity index (χ1n) is 5.25. The number of hydrogen-bond acceptors (Lipinski definition) is 2. The zero-order valence-electron chi connectivity index (χ0n) is 8.79. The van der Waals surface area contributed by atoms with E-state index in [1.807, 2.05) is 13.1 Å². The van der Waals surface area contributed by atoms with Crippen LogP contribution < -0.4 is 5.32 Å². The predicted octanol–water partition coefficient (Wildman–Crippen LogP) is 1.98. The zero-order chi connectivity index (χ0) is 10.8. The molecule has 1 aromatic rings. The van der Waals surface area contributed by atoms with Crippen molar-refractivity contribution in [2.24, 2.45) is 0 Å². The van der Waals surface area contributed by atoms with E-state index in [4.69, 9.17) is 5.11 Å². The fourth-order valence-electron chi connectivity index (χ4n) is 2.23. The van der Waals surface area contributed by atoms with Crippen molar-refractivity contribution in [3.8, 4) is 0 Å². The molecule has 0 heterocycles. The minimum absolute atomic E-state index is 0.313. The Balaban J connectivity index is 2.43. The molecule has 15 heavy (non-hydrogen) atoms. The molecule has 0 aliphatic heterocycles. The highest BCUT2D eigenvalue weighted by Crippen LogP contribution is 2.30. The number of nitrogens with one attached hydrogen (secondary N) is 1. The van der Waals surface area contributed by atoms with Crippen molar-refractivity contribution in [2.45, 2.75) is 25.3 Å². The summed E-state index contributed by atoms with van der Waals surface area (Å²) < 4.78 is 0. The van der Waals surface area contributed by atoms with Crippen molar-refractivity contribution in [3.05, 3.63) is 34.9 Å². The summed E-state index contributed by atoms with van der Waals surface area (Å²) >= 11 is 0. The lowest BCUT2D eigenvalue weighted by molar-refractivity contribution is 0.0696. The van der Waals surface area contributed by atoms with Gasteiger partial charge in [0.25, 0.3) is 0 Å². The average molecular weight is 205 g/mol. The highest BCUT2D eigenvalue weighted by Gasteiger charge is 2.19. The number of rotatable bonds is 2. The topological polar surface area (TPSA) is 49.3 Å². The normalized spacial score (nSPS) is 19.7. The van der Waals surface area contributed by atoms with Crippen LogP contribution in [0.2, 0.25) is 0 Å². The molecule has 1 aromatic carbocycles. The van der Waals surface area contributed by atoms with Crippen LogP contribution in [0.15, 0.2) is 18.2 Å². The van der Waals surface area contributed by atoms with Crippen LogP contribution in [0.1, 0.15) is 40.4 Å². The van der Waals surface area contributed by atoms with Crippen molar-refractivity contribution in [1.29, 1.82) is 0 Å². The van der Waals surface area contributed by atoms with Gasteiger partial charge in [0.15, 0.2) is 0 Å². The monoisotopic (exact) mass is 205 g/mol. The van der Waals surface area contributed by atoms with Crippen molar-refractivity contribution < 1.29 is 9.90 Å². The minimum Gasteiger partial charge on any atom is -0.478 e. The fourth-order valence-corrected chi connectivity index (χ4v) is 2.23. The van der Waals surface area contributed by atoms with Crippen LogP contribution >= 0.6 is 0 Å². The minimum atomic E-state index is -0.849. The Kier molecular flexibility index (Phi) is 2.73. The molecule has 2 rings (SSSR count). The average Bonchev–Trinajstić information content (AvgIpc) is 2.27. The molecule has 0 aromatic heterocycles. The van der Waals surface area contributed by atoms with Crippen LogP contribution in [0.25, 0.3) is 0 Å². The molecule has 0 bridgehead atoms. The van der Waals surface area contributed by atoms with Crippen LogP contribution in [0.4, 0.5) is 0 Å². The van der Waals surface area contributed by atoms with Gasteiger partial charge in [0.05, 0.1) is 5.56 Å². The van der Waals surface area contributed by atoms with Gasteiger partial charge in [0, 0.05) is 6.04 Å². The summed E-state index contributed by atoms with van der Waals surface area (Å²) in [6.07, 6.45) is 3.32. The molecule has 0 radical (unpaired) electrons. The van der Waals surface area contributed by atoms with Gasteiger partial charge in [-0.1, -0.05) is 6.07 Å². The summed E-state index contributed by atoms with van der Waals surface area (Å²) in [5.74, 6) is -0.849. The molecule has 3 heteroatoms. The number of carboxylic acids is 1. The molecule has 80 valence electrons. The van der Waals surface area contributed by atoms with Crippen molar-refractivity contribution >= 4 is 5.97 Å². The van der Waals surface area contributed by atoms with E-state index in [9.17, 15) is 4.79 Å². The van der Waals surface area contributed by atoms with Gasteiger partial charge in [-0.25, -0.2) is 4.79 Å². The lowest BCUT2D eigenvalue weighted by Crippen LogP contribution is -2.22. The first kappa shape index (κ1) is 10.2. The van der Waals surface area contributed by atoms with Crippen LogP contribution in [0.3, 0.4) is 0 Å². The van der Waals surface area contributed by atoms with Crippen LogP contribution in [0.5, 0.6) is 0 Å². The van der Waals surface area contributed by atoms with E-state index < -0.39 is 5.97 Å². The van der Waals surface area contributed by atoms with Gasteiger partial charge in [0.2, 0.25) is 0 Å². The number of aromatic carboxylic acids is 1. The van der Waals surface area contributed by atoms with Crippen molar-refractivity contribution in [1.82, 2.24) is 5.32 Å². The second kappa shape index (κ2) is 4.03. The van der Waals surface area contributed by atoms with E-state index in [1.54, 1.807) is 12.1 Å². The number of benzene rings is 1. The van der Waals surface area contributed by atoms with E-state index >= 15 is 0 Å². The zero-order valence-corrected chi connectivity index (χ0v) is 8.79. The summed E-state index contributed by atoms with van der Waals surface area (Å²) in [7, 11) is 1.92. The number of hydrogen-bond donors (Lipinski definition) is 2. The van der Waals surface area contributed by atoms with E-state index in [0.29, 0.717) is 11.6 Å². The Morgan fingerprint density at radius 1 is 1.53 bits per heavy atom. The molecular formula is C12H15NO2. The Morgan fingerprint density at radius 3 is 3.00 bits per heavy atom. The van der Waals surface area contributed by atoms with Gasteiger partial charge in [-0.05, 0) is 49.6 Å². The molecule has 1 aliphatic rings. The molecule has 1 atom stereocenters. The third-order valence-corrected chi connectivity index (χ3v) is 3.06. The van der Waals surface area contributed by atoms with Crippen molar-refractivity contribution in [2.75, 3.05) is 7.05 Å². The molecule has 0 spiro atoms. The van der Waals surface area contributed by atoms with Crippen LogP contribution in [-0.4, -0.2) is 18.1 Å². The summed E-state index contributed by atoms with van der Waals surface area (Å²) in [5.41, 5.74) is 2.82. The Morgan fingerprint density at radius 2 is 2.33 bits per heavy atom. The van der Waals surface area contributed by atoms with E-state index in [1.165, 1.54) is 12.0 Å². The highest BCUT2D eigenvalue weighted by molar-refractivity contribution is 5.88. The summed E-state index contributed by atoms with van der Waals surface area (Å²) in [4.78, 5) is 10.9. The molecule has 1 unspecified atom stereocenters. The molecule has 0 saturated heterocycles. The second-order valence-corrected chi connectivity index (χ2v) is 3.95. The lowest BCUT2D eigenvalue weighted by atomic mass is 9.86. The standard InChI is InChI=1S/C12H15NO2/c1-13-11-4-2-3-8-5-6-9(12(14)15)7-10(8)11/h5-7,11,13H,2-4H2,1H3,(H,14,15). The first-order valence-corrected chi connectivity index (χ1v) is 5.25. The third kappa shape index (κ3) is 1.88. The van der Waals surface area contributed by atoms with E-state index in [-0.39, 0.29) is 0 Å². The predicted molar refractivity (Wildman–Crippen MR) is 58.1 cm³/mol. The fraction of sp³-hybridized carbons (Fsp3) is 0.417. The van der Waals surface area contributed by atoms with E-state index in [2.05, 4.69) is 5.32 Å². The quantitative estimate of drug-likeness (QED) is 0.776. The van der Waals surface area contributed by atoms with E-state index in [0.717, 1.165) is 18.4 Å². The maximum Gasteiger partial charge on any atom is 0.335 e. The smallest absolute Gasteiger partial charge is 0.335 e. The lowest BCUT2D eigenvalue weighted by Gasteiger charge is -2.25. The van der Waals surface area contributed by atoms with Gasteiger partial charge >= 0.3 is 5.97 Å². The number of aryl methyl sites for hydroxylation is 1. The third-order valence-electron chi connectivity index (χ3n) is 3.06. The van der Waals surface area contributed by atoms with Crippen molar-refractivity contribution in [3.63, 3.8) is 0 Å². The Labute approximate surface area is 89.1 Å². The molecule has 1 aliphatic carbocycles. The summed E-state index contributed by atoms with van der Waals surface area (Å²) in [6.45, 7) is 0. The summed E-state index contributed by atoms with van der Waals surface area (Å²) in [6, 6.07) is 5.76. The molecule has 3 nitrogen and oxygen atoms in total. The number of carbonyl (C=O) groups is 1. The second-order valence-electron chi connectivity index (χ2n) is 3.95. The molecule has 0 amide bonds. The summed E-state index contributed by atoms with van der Waals surface area (Å²) in [5, 5.41) is 12.2. The first-order chi connectivity index (χ1) is 7.22. The van der Waals surface area contributed by atoms with Crippen LogP contribution in [0, 0.1) is 0 Å². The Hall–Kier alpha value is -1.35. The van der Waals surface area contributed by atoms with Gasteiger partial charge < -0.3 is 10.4 Å².